The zero-order valence-electron chi connectivity index (χ0n) is 16.6. The number of anilines is 1. The van der Waals surface area contributed by atoms with Gasteiger partial charge in [0.15, 0.2) is 0 Å². The van der Waals surface area contributed by atoms with Gasteiger partial charge in [-0.15, -0.1) is 0 Å². The molecule has 4 rings (SSSR count). The summed E-state index contributed by atoms with van der Waals surface area (Å²) < 4.78 is 45.5. The van der Waals surface area contributed by atoms with Crippen LogP contribution in [0.4, 0.5) is 19.0 Å². The van der Waals surface area contributed by atoms with Crippen LogP contribution in [0.1, 0.15) is 30.3 Å². The predicted molar refractivity (Wildman–Crippen MR) is 110 cm³/mol. The van der Waals surface area contributed by atoms with Gasteiger partial charge in [0.2, 0.25) is 5.82 Å². The van der Waals surface area contributed by atoms with Crippen molar-refractivity contribution in [1.82, 2.24) is 14.9 Å². The summed E-state index contributed by atoms with van der Waals surface area (Å²) in [5.74, 6) is -0.189. The van der Waals surface area contributed by atoms with E-state index >= 15 is 0 Å². The fourth-order valence-electron chi connectivity index (χ4n) is 3.96. The van der Waals surface area contributed by atoms with Gasteiger partial charge in [0, 0.05) is 17.5 Å². The molecule has 0 spiro atoms. The lowest BCUT2D eigenvalue weighted by Gasteiger charge is -2.29. The van der Waals surface area contributed by atoms with E-state index in [9.17, 15) is 13.2 Å². The standard InChI is InChI=1S/C22H23F3N4O/c1-30-19-11-5-3-9-16(19)18(29-12-6-7-13-29)14-26-20-15-8-2-4-10-17(15)27-21(28-20)22(23,24)25/h2-5,8-11,18H,6-7,12-14H2,1H3,(H,26,27,28)/t18-/m1/s1. The minimum absolute atomic E-state index is 0.0493. The van der Waals surface area contributed by atoms with Gasteiger partial charge in [-0.3, -0.25) is 4.90 Å². The van der Waals surface area contributed by atoms with Crippen molar-refractivity contribution in [3.63, 3.8) is 0 Å². The largest absolute Gasteiger partial charge is 0.496 e. The minimum atomic E-state index is -4.61. The minimum Gasteiger partial charge on any atom is -0.496 e. The highest BCUT2D eigenvalue weighted by Crippen LogP contribution is 2.34. The Morgan fingerprint density at radius 1 is 1.03 bits per heavy atom. The first-order valence-corrected chi connectivity index (χ1v) is 9.92. The van der Waals surface area contributed by atoms with Gasteiger partial charge >= 0.3 is 6.18 Å². The SMILES string of the molecule is COc1ccccc1[C@@H](CNc1nc(C(F)(F)F)nc2ccccc12)N1CCCC1. The van der Waals surface area contributed by atoms with Crippen LogP contribution < -0.4 is 10.1 Å². The van der Waals surface area contributed by atoms with Gasteiger partial charge in [-0.25, -0.2) is 9.97 Å². The number of para-hydroxylation sites is 2. The molecule has 1 aliphatic rings. The lowest BCUT2D eigenvalue weighted by atomic mass is 10.0. The first-order valence-electron chi connectivity index (χ1n) is 9.92. The Kier molecular flexibility index (Phi) is 5.76. The first-order chi connectivity index (χ1) is 14.5. The molecule has 8 heteroatoms. The molecule has 0 saturated carbocycles. The second kappa shape index (κ2) is 8.47. The number of methoxy groups -OCH3 is 1. The number of nitrogens with one attached hydrogen (secondary N) is 1. The Balaban J connectivity index is 1.69. The van der Waals surface area contributed by atoms with Crippen molar-refractivity contribution in [3.8, 4) is 5.75 Å². The Bertz CT molecular complexity index is 1020. The highest BCUT2D eigenvalue weighted by atomic mass is 19.4. The summed E-state index contributed by atoms with van der Waals surface area (Å²) in [6.07, 6.45) is -2.42. The highest BCUT2D eigenvalue weighted by Gasteiger charge is 2.35. The maximum Gasteiger partial charge on any atom is 0.451 e. The normalized spacial score (nSPS) is 16.0. The van der Waals surface area contributed by atoms with Gasteiger partial charge in [0.05, 0.1) is 18.7 Å². The summed E-state index contributed by atoms with van der Waals surface area (Å²) >= 11 is 0. The van der Waals surface area contributed by atoms with E-state index < -0.39 is 12.0 Å². The van der Waals surface area contributed by atoms with Crippen molar-refractivity contribution < 1.29 is 17.9 Å². The molecule has 1 fully saturated rings. The maximum absolute atomic E-state index is 13.3. The molecular weight excluding hydrogens is 393 g/mol. The van der Waals surface area contributed by atoms with Crippen LogP contribution in [-0.4, -0.2) is 41.6 Å². The summed E-state index contributed by atoms with van der Waals surface area (Å²) in [6, 6.07) is 14.4. The Morgan fingerprint density at radius 3 is 2.47 bits per heavy atom. The third kappa shape index (κ3) is 4.18. The van der Waals surface area contributed by atoms with Crippen LogP contribution in [0.2, 0.25) is 0 Å². The molecule has 2 aromatic carbocycles. The van der Waals surface area contributed by atoms with Crippen LogP contribution in [-0.2, 0) is 6.18 Å². The highest BCUT2D eigenvalue weighted by molar-refractivity contribution is 5.89. The number of nitrogens with zero attached hydrogens (tertiary/aromatic N) is 3. The molecule has 1 saturated heterocycles. The topological polar surface area (TPSA) is 50.3 Å². The van der Waals surface area contributed by atoms with E-state index in [2.05, 4.69) is 20.2 Å². The molecule has 1 N–H and O–H groups in total. The first kappa shape index (κ1) is 20.4. The van der Waals surface area contributed by atoms with Gasteiger partial charge in [-0.2, -0.15) is 13.2 Å². The van der Waals surface area contributed by atoms with Crippen LogP contribution in [0, 0.1) is 0 Å². The molecule has 158 valence electrons. The van der Waals surface area contributed by atoms with Crippen molar-refractivity contribution >= 4 is 16.7 Å². The number of alkyl halides is 3. The lowest BCUT2D eigenvalue weighted by molar-refractivity contribution is -0.144. The van der Waals surface area contributed by atoms with Crippen LogP contribution >= 0.6 is 0 Å². The summed E-state index contributed by atoms with van der Waals surface area (Å²) in [6.45, 7) is 2.27. The number of ether oxygens (including phenoxy) is 1. The van der Waals surface area contributed by atoms with Gasteiger partial charge < -0.3 is 10.1 Å². The number of fused-ring (bicyclic) bond motifs is 1. The molecule has 0 unspecified atom stereocenters. The monoisotopic (exact) mass is 416 g/mol. The van der Waals surface area contributed by atoms with Gasteiger partial charge in [-0.1, -0.05) is 30.3 Å². The van der Waals surface area contributed by atoms with Gasteiger partial charge in [-0.05, 0) is 44.1 Å². The number of benzene rings is 2. The molecule has 0 radical (unpaired) electrons. The number of halogens is 3. The molecule has 5 nitrogen and oxygen atoms in total. The summed E-state index contributed by atoms with van der Waals surface area (Å²) in [5, 5.41) is 3.74. The quantitative estimate of drug-likeness (QED) is 0.619. The van der Waals surface area contributed by atoms with Crippen molar-refractivity contribution in [2.45, 2.75) is 25.1 Å². The van der Waals surface area contributed by atoms with Gasteiger partial charge in [0.25, 0.3) is 0 Å². The molecular formula is C22H23F3N4O. The lowest BCUT2D eigenvalue weighted by Crippen LogP contribution is -2.31. The van der Waals surface area contributed by atoms with Crippen molar-refractivity contribution in [2.24, 2.45) is 0 Å². The smallest absolute Gasteiger partial charge is 0.451 e. The Morgan fingerprint density at radius 2 is 1.73 bits per heavy atom. The molecule has 2 heterocycles. The van der Waals surface area contributed by atoms with Crippen molar-refractivity contribution in [3.05, 3.63) is 59.9 Å². The molecule has 1 atom stereocenters. The summed E-state index contributed by atoms with van der Waals surface area (Å²) in [5.41, 5.74) is 1.26. The molecule has 1 aliphatic heterocycles. The second-order valence-electron chi connectivity index (χ2n) is 7.29. The zero-order chi connectivity index (χ0) is 21.1. The zero-order valence-corrected chi connectivity index (χ0v) is 16.6. The molecule has 30 heavy (non-hydrogen) atoms. The number of aromatic nitrogens is 2. The van der Waals surface area contributed by atoms with E-state index in [1.54, 1.807) is 31.4 Å². The van der Waals surface area contributed by atoms with E-state index in [0.29, 0.717) is 11.9 Å². The van der Waals surface area contributed by atoms with E-state index in [4.69, 9.17) is 4.74 Å². The van der Waals surface area contributed by atoms with E-state index in [-0.39, 0.29) is 17.4 Å². The van der Waals surface area contributed by atoms with Crippen LogP contribution in [0.3, 0.4) is 0 Å². The Labute approximate surface area is 172 Å². The molecule has 3 aromatic rings. The van der Waals surface area contributed by atoms with Crippen LogP contribution in [0.15, 0.2) is 48.5 Å². The Hall–Kier alpha value is -2.87. The maximum atomic E-state index is 13.3. The van der Waals surface area contributed by atoms with Crippen molar-refractivity contribution in [2.75, 3.05) is 32.1 Å². The van der Waals surface area contributed by atoms with Gasteiger partial charge in [0.1, 0.15) is 11.6 Å². The van der Waals surface area contributed by atoms with E-state index in [0.717, 1.165) is 37.2 Å². The summed E-state index contributed by atoms with van der Waals surface area (Å²) in [4.78, 5) is 9.83. The molecule has 1 aromatic heterocycles. The number of hydrogen-bond donors (Lipinski definition) is 1. The van der Waals surface area contributed by atoms with Crippen LogP contribution in [0.25, 0.3) is 10.9 Å². The van der Waals surface area contributed by atoms with E-state index in [1.165, 1.54) is 0 Å². The fraction of sp³-hybridized carbons (Fsp3) is 0.364. The number of hydrogen-bond acceptors (Lipinski definition) is 5. The van der Waals surface area contributed by atoms with Crippen molar-refractivity contribution in [1.29, 1.82) is 0 Å². The molecule has 0 aliphatic carbocycles. The van der Waals surface area contributed by atoms with Crippen LogP contribution in [0.5, 0.6) is 5.75 Å². The molecule has 0 amide bonds. The number of likely N-dealkylation sites (tertiary alicyclic amines) is 1. The fourth-order valence-corrected chi connectivity index (χ4v) is 3.96. The number of rotatable bonds is 6. The third-order valence-corrected chi connectivity index (χ3v) is 5.40. The summed E-state index contributed by atoms with van der Waals surface area (Å²) in [7, 11) is 1.63. The molecule has 0 bridgehead atoms. The average Bonchev–Trinajstić information content (AvgIpc) is 3.28. The second-order valence-corrected chi connectivity index (χ2v) is 7.29. The predicted octanol–water partition coefficient (Wildman–Crippen LogP) is 4.91. The van der Waals surface area contributed by atoms with E-state index in [1.807, 2.05) is 24.3 Å². The average molecular weight is 416 g/mol. The third-order valence-electron chi connectivity index (χ3n) is 5.40.